The van der Waals surface area contributed by atoms with Gasteiger partial charge in [0, 0.05) is 0 Å². The molecule has 0 saturated heterocycles. The maximum Gasteiger partial charge on any atom is 0.433 e. The molecule has 0 N–H and O–H groups in total. The molecular formula is C5H9F3OS. The largest absolute Gasteiger partial charge is 0.616 e. The van der Waals surface area contributed by atoms with E-state index in [1.54, 1.807) is 6.92 Å². The molecule has 0 aromatic heterocycles. The summed E-state index contributed by atoms with van der Waals surface area (Å²) >= 11 is -1.71. The minimum absolute atomic E-state index is 0.138. The Labute approximate surface area is 60.8 Å². The van der Waals surface area contributed by atoms with Gasteiger partial charge < -0.3 is 4.55 Å². The number of alkyl halides is 3. The van der Waals surface area contributed by atoms with E-state index in [9.17, 15) is 17.7 Å². The Balaban J connectivity index is 3.47. The first-order chi connectivity index (χ1) is 4.45. The minimum atomic E-state index is -4.28. The van der Waals surface area contributed by atoms with Crippen LogP contribution in [-0.4, -0.2) is 22.2 Å². The predicted molar refractivity (Wildman–Crippen MR) is 34.2 cm³/mol. The van der Waals surface area contributed by atoms with E-state index in [0.29, 0.717) is 6.42 Å². The summed E-state index contributed by atoms with van der Waals surface area (Å²) in [7, 11) is 0. The molecule has 1 atom stereocenters. The lowest BCUT2D eigenvalue weighted by atomic mass is 10.6. The van der Waals surface area contributed by atoms with Crippen molar-refractivity contribution in [2.45, 2.75) is 19.5 Å². The molecule has 0 radical (unpaired) electrons. The van der Waals surface area contributed by atoms with Gasteiger partial charge in [0.05, 0.1) is 0 Å². The van der Waals surface area contributed by atoms with Gasteiger partial charge in [-0.25, -0.2) is 0 Å². The molecule has 1 nitrogen and oxygen atoms in total. The van der Waals surface area contributed by atoms with Gasteiger partial charge in [0.1, 0.15) is 5.75 Å². The van der Waals surface area contributed by atoms with Crippen LogP contribution in [0.2, 0.25) is 0 Å². The number of hydrogen-bond acceptors (Lipinski definition) is 1. The zero-order chi connectivity index (χ0) is 8.20. The molecule has 10 heavy (non-hydrogen) atoms. The lowest BCUT2D eigenvalue weighted by Gasteiger charge is -2.11. The van der Waals surface area contributed by atoms with E-state index in [2.05, 4.69) is 0 Å². The van der Waals surface area contributed by atoms with E-state index in [4.69, 9.17) is 0 Å². The normalized spacial score (nSPS) is 15.3. The third-order valence-corrected chi connectivity index (χ3v) is 2.27. The van der Waals surface area contributed by atoms with Gasteiger partial charge in [-0.2, -0.15) is 13.2 Å². The molecule has 0 aromatic rings. The van der Waals surface area contributed by atoms with Crippen LogP contribution in [0.3, 0.4) is 0 Å². The number of rotatable bonds is 3. The van der Waals surface area contributed by atoms with Crippen molar-refractivity contribution in [3.63, 3.8) is 0 Å². The first-order valence-electron chi connectivity index (χ1n) is 2.87. The second-order valence-corrected chi connectivity index (χ2v) is 3.48. The van der Waals surface area contributed by atoms with Gasteiger partial charge in [-0.1, -0.05) is 6.92 Å². The summed E-state index contributed by atoms with van der Waals surface area (Å²) in [6.07, 6.45) is -3.75. The van der Waals surface area contributed by atoms with Crippen molar-refractivity contribution in [3.8, 4) is 0 Å². The Morgan fingerprint density at radius 2 is 1.90 bits per heavy atom. The van der Waals surface area contributed by atoms with Gasteiger partial charge in [-0.3, -0.25) is 0 Å². The Morgan fingerprint density at radius 3 is 2.20 bits per heavy atom. The second kappa shape index (κ2) is 4.08. The van der Waals surface area contributed by atoms with E-state index < -0.39 is 23.1 Å². The van der Waals surface area contributed by atoms with Crippen LogP contribution in [0.15, 0.2) is 0 Å². The Hall–Kier alpha value is 0.100. The third-order valence-electron chi connectivity index (χ3n) is 0.756. The molecule has 0 amide bonds. The van der Waals surface area contributed by atoms with Crippen molar-refractivity contribution in [1.29, 1.82) is 0 Å². The maximum absolute atomic E-state index is 11.4. The standard InChI is InChI=1S/C5H9F3OS/c1-2-3-10(9)4-5(6,7)8/h2-4H2,1H3. The summed E-state index contributed by atoms with van der Waals surface area (Å²) < 4.78 is 44.8. The lowest BCUT2D eigenvalue weighted by molar-refractivity contribution is -0.106. The molecule has 62 valence electrons. The third kappa shape index (κ3) is 6.22. The van der Waals surface area contributed by atoms with Crippen LogP contribution >= 0.6 is 0 Å². The molecule has 0 aliphatic rings. The minimum Gasteiger partial charge on any atom is -0.616 e. The van der Waals surface area contributed by atoms with Gasteiger partial charge >= 0.3 is 6.18 Å². The molecule has 5 heteroatoms. The first kappa shape index (κ1) is 10.1. The van der Waals surface area contributed by atoms with Crippen LogP contribution in [0.5, 0.6) is 0 Å². The summed E-state index contributed by atoms with van der Waals surface area (Å²) in [6.45, 7) is 1.70. The van der Waals surface area contributed by atoms with Crippen LogP contribution in [0.4, 0.5) is 13.2 Å². The van der Waals surface area contributed by atoms with Crippen LogP contribution < -0.4 is 0 Å². The van der Waals surface area contributed by atoms with Crippen LogP contribution in [0, 0.1) is 0 Å². The van der Waals surface area contributed by atoms with Crippen molar-refractivity contribution in [2.75, 3.05) is 11.5 Å². The van der Waals surface area contributed by atoms with E-state index in [1.165, 1.54) is 0 Å². The van der Waals surface area contributed by atoms with Crippen molar-refractivity contribution in [1.82, 2.24) is 0 Å². The van der Waals surface area contributed by atoms with E-state index in [-0.39, 0.29) is 5.75 Å². The zero-order valence-corrected chi connectivity index (χ0v) is 6.39. The zero-order valence-electron chi connectivity index (χ0n) is 5.57. The highest BCUT2D eigenvalue weighted by Gasteiger charge is 2.33. The second-order valence-electron chi connectivity index (χ2n) is 1.90. The summed E-state index contributed by atoms with van der Waals surface area (Å²) in [5.74, 6) is -1.03. The molecule has 0 aromatic carbocycles. The van der Waals surface area contributed by atoms with Crippen LogP contribution in [0.1, 0.15) is 13.3 Å². The predicted octanol–water partition coefficient (Wildman–Crippen LogP) is 1.71. The van der Waals surface area contributed by atoms with E-state index in [1.807, 2.05) is 0 Å². The molecule has 0 bridgehead atoms. The smallest absolute Gasteiger partial charge is 0.433 e. The summed E-state index contributed by atoms with van der Waals surface area (Å²) in [5.41, 5.74) is 0. The van der Waals surface area contributed by atoms with Crippen molar-refractivity contribution in [2.24, 2.45) is 0 Å². The summed E-state index contributed by atoms with van der Waals surface area (Å²) in [5, 5.41) is 0. The highest BCUT2D eigenvalue weighted by Crippen LogP contribution is 2.17. The highest BCUT2D eigenvalue weighted by atomic mass is 32.2. The van der Waals surface area contributed by atoms with E-state index in [0.717, 1.165) is 0 Å². The molecule has 0 fully saturated rings. The first-order valence-corrected chi connectivity index (χ1v) is 4.36. The van der Waals surface area contributed by atoms with E-state index >= 15 is 0 Å². The average molecular weight is 174 g/mol. The molecule has 0 rings (SSSR count). The Bertz CT molecular complexity index is 93.4. The molecular weight excluding hydrogens is 165 g/mol. The topological polar surface area (TPSA) is 23.1 Å². The number of halogens is 3. The van der Waals surface area contributed by atoms with Gasteiger partial charge in [0.25, 0.3) is 0 Å². The fourth-order valence-electron chi connectivity index (χ4n) is 0.482. The molecule has 0 spiro atoms. The summed E-state index contributed by atoms with van der Waals surface area (Å²) in [6, 6.07) is 0. The summed E-state index contributed by atoms with van der Waals surface area (Å²) in [4.78, 5) is 0. The fraction of sp³-hybridized carbons (Fsp3) is 1.00. The average Bonchev–Trinajstić information content (AvgIpc) is 1.59. The lowest BCUT2D eigenvalue weighted by Crippen LogP contribution is -2.24. The van der Waals surface area contributed by atoms with Crippen molar-refractivity contribution >= 4 is 11.2 Å². The maximum atomic E-state index is 11.4. The highest BCUT2D eigenvalue weighted by molar-refractivity contribution is 7.91. The SMILES string of the molecule is CCC[S+]([O-])CC(F)(F)F. The quantitative estimate of drug-likeness (QED) is 0.597. The van der Waals surface area contributed by atoms with Gasteiger partial charge in [0.2, 0.25) is 5.75 Å². The van der Waals surface area contributed by atoms with Crippen molar-refractivity contribution in [3.05, 3.63) is 0 Å². The van der Waals surface area contributed by atoms with Gasteiger partial charge in [-0.15, -0.1) is 0 Å². The number of hydrogen-bond donors (Lipinski definition) is 0. The molecule has 0 saturated carbocycles. The Kier molecular flexibility index (Phi) is 4.12. The van der Waals surface area contributed by atoms with Gasteiger partial charge in [-0.05, 0) is 17.6 Å². The molecule has 1 unspecified atom stereocenters. The van der Waals surface area contributed by atoms with Crippen LogP contribution in [-0.2, 0) is 11.2 Å². The monoisotopic (exact) mass is 174 g/mol. The molecule has 0 aliphatic carbocycles. The molecule has 0 heterocycles. The fourth-order valence-corrected chi connectivity index (χ4v) is 1.45. The molecule has 0 aliphatic heterocycles. The Morgan fingerprint density at radius 1 is 1.40 bits per heavy atom. The van der Waals surface area contributed by atoms with Crippen molar-refractivity contribution < 1.29 is 17.7 Å². The van der Waals surface area contributed by atoms with Crippen LogP contribution in [0.25, 0.3) is 0 Å². The van der Waals surface area contributed by atoms with Gasteiger partial charge in [0.15, 0.2) is 0 Å².